The van der Waals surface area contributed by atoms with Crippen LogP contribution in [0.25, 0.3) is 0 Å². The number of halogens is 3. The van der Waals surface area contributed by atoms with Crippen molar-refractivity contribution in [1.82, 2.24) is 15.1 Å². The summed E-state index contributed by atoms with van der Waals surface area (Å²) in [5.74, 6) is -2.10. The lowest BCUT2D eigenvalue weighted by Gasteiger charge is -2.21. The van der Waals surface area contributed by atoms with Crippen molar-refractivity contribution in [2.45, 2.75) is 32.2 Å². The monoisotopic (exact) mass is 503 g/mol. The predicted octanol–water partition coefficient (Wildman–Crippen LogP) is 4.02. The Bertz CT molecular complexity index is 1320. The number of hydrogen-bond acceptors (Lipinski definition) is 6. The zero-order chi connectivity index (χ0) is 26.2. The van der Waals surface area contributed by atoms with Crippen molar-refractivity contribution in [2.24, 2.45) is 0 Å². The zero-order valence-electron chi connectivity index (χ0n) is 18.8. The van der Waals surface area contributed by atoms with Crippen molar-refractivity contribution in [3.8, 4) is 0 Å². The number of carbonyl (C=O) groups is 2. The van der Waals surface area contributed by atoms with Gasteiger partial charge in [0.05, 0.1) is 23.1 Å². The van der Waals surface area contributed by atoms with Crippen LogP contribution in [0.4, 0.5) is 24.7 Å². The number of nitrogens with one attached hydrogen (secondary N) is 1. The molecular formula is C23H20F3N5O5. The molecule has 1 atom stereocenters. The maximum absolute atomic E-state index is 13.8. The maximum Gasteiger partial charge on any atom is 0.436 e. The molecule has 0 saturated heterocycles. The van der Waals surface area contributed by atoms with E-state index in [0.29, 0.717) is 17.7 Å². The number of carboxylic acids is 1. The Labute approximate surface area is 202 Å². The molecule has 0 aliphatic carbocycles. The van der Waals surface area contributed by atoms with E-state index in [2.05, 4.69) is 10.4 Å². The molecule has 3 aromatic rings. The Morgan fingerprint density at radius 3 is 2.33 bits per heavy atom. The molecule has 0 radical (unpaired) electrons. The van der Waals surface area contributed by atoms with E-state index < -0.39 is 40.3 Å². The molecule has 0 spiro atoms. The van der Waals surface area contributed by atoms with Gasteiger partial charge in [-0.15, -0.1) is 0 Å². The fraction of sp³-hybridized carbons (Fsp3) is 0.261. The number of fused-ring (bicyclic) bond motifs is 1. The summed E-state index contributed by atoms with van der Waals surface area (Å²) in [5.41, 5.74) is -0.883. The van der Waals surface area contributed by atoms with E-state index in [-0.39, 0.29) is 30.2 Å². The van der Waals surface area contributed by atoms with E-state index in [4.69, 9.17) is 5.11 Å². The van der Waals surface area contributed by atoms with Crippen LogP contribution in [-0.2, 0) is 19.3 Å². The Balaban J connectivity index is 1.63. The highest BCUT2D eigenvalue weighted by atomic mass is 19.4. The number of amides is 1. The minimum Gasteiger partial charge on any atom is -0.478 e. The number of aromatic nitrogens is 2. The van der Waals surface area contributed by atoms with E-state index in [1.165, 1.54) is 48.5 Å². The lowest BCUT2D eigenvalue weighted by atomic mass is 10.1. The first-order valence-electron chi connectivity index (χ1n) is 10.8. The Morgan fingerprint density at radius 1 is 1.14 bits per heavy atom. The number of nitrogens with zero attached hydrogens (tertiary/aromatic N) is 4. The van der Waals surface area contributed by atoms with Crippen LogP contribution in [0.5, 0.6) is 0 Å². The van der Waals surface area contributed by atoms with Gasteiger partial charge >= 0.3 is 12.1 Å². The predicted molar refractivity (Wildman–Crippen MR) is 121 cm³/mol. The van der Waals surface area contributed by atoms with Crippen LogP contribution < -0.4 is 10.2 Å². The third kappa shape index (κ3) is 4.85. The van der Waals surface area contributed by atoms with Crippen molar-refractivity contribution in [3.63, 3.8) is 0 Å². The number of non-ortho nitro benzene ring substituents is 1. The van der Waals surface area contributed by atoms with Crippen molar-refractivity contribution in [2.75, 3.05) is 11.4 Å². The van der Waals surface area contributed by atoms with Gasteiger partial charge in [0, 0.05) is 25.2 Å². The fourth-order valence-electron chi connectivity index (χ4n) is 4.02. The van der Waals surface area contributed by atoms with Crippen LogP contribution in [0.2, 0.25) is 0 Å². The van der Waals surface area contributed by atoms with Gasteiger partial charge in [-0.2, -0.15) is 18.3 Å². The number of alkyl halides is 3. The number of anilines is 1. The highest BCUT2D eigenvalue weighted by Gasteiger charge is 2.44. The smallest absolute Gasteiger partial charge is 0.436 e. The molecule has 1 aliphatic heterocycles. The molecule has 1 unspecified atom stereocenters. The van der Waals surface area contributed by atoms with Gasteiger partial charge in [0.15, 0.2) is 5.69 Å². The molecule has 2 heterocycles. The summed E-state index contributed by atoms with van der Waals surface area (Å²) in [6.07, 6.45) is -4.88. The molecule has 4 rings (SSSR count). The van der Waals surface area contributed by atoms with Crippen molar-refractivity contribution >= 4 is 23.4 Å². The van der Waals surface area contributed by atoms with Crippen molar-refractivity contribution in [3.05, 3.63) is 86.6 Å². The van der Waals surface area contributed by atoms with Crippen molar-refractivity contribution in [1.29, 1.82) is 0 Å². The van der Waals surface area contributed by atoms with Crippen LogP contribution >= 0.6 is 0 Å². The second-order valence-electron chi connectivity index (χ2n) is 8.24. The first-order chi connectivity index (χ1) is 17.0. The summed E-state index contributed by atoms with van der Waals surface area (Å²) < 4.78 is 42.6. The van der Waals surface area contributed by atoms with Crippen LogP contribution in [0.1, 0.15) is 50.5 Å². The average molecular weight is 503 g/mol. The number of benzene rings is 2. The van der Waals surface area contributed by atoms with Crippen molar-refractivity contribution < 1.29 is 32.8 Å². The summed E-state index contributed by atoms with van der Waals surface area (Å²) >= 11 is 0. The second-order valence-corrected chi connectivity index (χ2v) is 8.24. The van der Waals surface area contributed by atoms with E-state index in [0.717, 1.165) is 4.68 Å². The lowest BCUT2D eigenvalue weighted by molar-refractivity contribution is -0.384. The Hall–Kier alpha value is -4.42. The average Bonchev–Trinajstić information content (AvgIpc) is 3.39. The van der Waals surface area contributed by atoms with Gasteiger partial charge in [-0.1, -0.05) is 24.3 Å². The summed E-state index contributed by atoms with van der Waals surface area (Å²) in [4.78, 5) is 36.1. The maximum atomic E-state index is 13.8. The standard InChI is InChI=1S/C23H20F3N5O5/c1-13(15-4-6-16(7-5-15)22(33)34)27-20(32)18-19(23(24,25)26)28-30-11-10-29(21(18)30)12-14-2-8-17(9-3-14)31(35)36/h2-9,13H,10-12H2,1H3,(H,27,32)(H,33,34). The van der Waals surface area contributed by atoms with Crippen LogP contribution in [0.15, 0.2) is 48.5 Å². The van der Waals surface area contributed by atoms with Gasteiger partial charge in [-0.25, -0.2) is 9.48 Å². The SMILES string of the molecule is CC(NC(=O)c1c(C(F)(F)F)nn2c1N(Cc1ccc([N+](=O)[O-])cc1)CC2)c1ccc(C(=O)O)cc1. The van der Waals surface area contributed by atoms with E-state index >= 15 is 0 Å². The number of aromatic carboxylic acids is 1. The summed E-state index contributed by atoms with van der Waals surface area (Å²) in [6, 6.07) is 10.5. The molecule has 1 aliphatic rings. The minimum atomic E-state index is -4.88. The summed E-state index contributed by atoms with van der Waals surface area (Å²) in [5, 5.41) is 26.1. The van der Waals surface area contributed by atoms with Crippen LogP contribution in [-0.4, -0.2) is 38.2 Å². The minimum absolute atomic E-state index is 0.00611. The highest BCUT2D eigenvalue weighted by Crippen LogP contribution is 2.38. The topological polar surface area (TPSA) is 131 Å². The molecule has 2 N–H and O–H groups in total. The molecule has 0 bridgehead atoms. The van der Waals surface area contributed by atoms with E-state index in [9.17, 15) is 32.9 Å². The number of nitro benzene ring substituents is 1. The molecule has 1 aromatic heterocycles. The number of rotatable bonds is 7. The molecule has 13 heteroatoms. The molecular weight excluding hydrogens is 483 g/mol. The fourth-order valence-corrected chi connectivity index (χ4v) is 4.02. The lowest BCUT2D eigenvalue weighted by Crippen LogP contribution is -2.31. The number of carbonyl (C=O) groups excluding carboxylic acids is 1. The summed E-state index contributed by atoms with van der Waals surface area (Å²) in [7, 11) is 0. The number of carboxylic acid groups (broad SMARTS) is 1. The number of hydrogen-bond donors (Lipinski definition) is 2. The van der Waals surface area contributed by atoms with Gasteiger partial charge in [0.1, 0.15) is 11.4 Å². The van der Waals surface area contributed by atoms with Gasteiger partial charge in [-0.3, -0.25) is 14.9 Å². The summed E-state index contributed by atoms with van der Waals surface area (Å²) in [6.45, 7) is 2.11. The van der Waals surface area contributed by atoms with E-state index in [1.807, 2.05) is 0 Å². The first kappa shape index (κ1) is 24.7. The largest absolute Gasteiger partial charge is 0.478 e. The van der Waals surface area contributed by atoms with E-state index in [1.54, 1.807) is 11.8 Å². The molecule has 1 amide bonds. The molecule has 2 aromatic carbocycles. The van der Waals surface area contributed by atoms with Crippen LogP contribution in [0.3, 0.4) is 0 Å². The highest BCUT2D eigenvalue weighted by molar-refractivity contribution is 6.01. The van der Waals surface area contributed by atoms with Crippen LogP contribution in [0, 0.1) is 10.1 Å². The molecule has 36 heavy (non-hydrogen) atoms. The van der Waals surface area contributed by atoms with Gasteiger partial charge in [0.25, 0.3) is 11.6 Å². The molecule has 0 fully saturated rings. The Kier molecular flexibility index (Phi) is 6.39. The molecule has 10 nitrogen and oxygen atoms in total. The van der Waals surface area contributed by atoms with Gasteiger partial charge in [0.2, 0.25) is 0 Å². The van der Waals surface area contributed by atoms with Gasteiger partial charge < -0.3 is 15.3 Å². The normalized spacial score (nSPS) is 13.8. The third-order valence-corrected chi connectivity index (χ3v) is 5.83. The first-order valence-corrected chi connectivity index (χ1v) is 10.8. The quantitative estimate of drug-likeness (QED) is 0.368. The molecule has 188 valence electrons. The number of nitro groups is 1. The van der Waals surface area contributed by atoms with Gasteiger partial charge in [-0.05, 0) is 30.2 Å². The zero-order valence-corrected chi connectivity index (χ0v) is 18.8. The third-order valence-electron chi connectivity index (χ3n) is 5.83. The molecule has 0 saturated carbocycles. The Morgan fingerprint density at radius 2 is 1.78 bits per heavy atom. The second kappa shape index (κ2) is 9.32.